The summed E-state index contributed by atoms with van der Waals surface area (Å²) in [5, 5.41) is 0. The zero-order chi connectivity index (χ0) is 27.2. The van der Waals surface area contributed by atoms with Gasteiger partial charge in [0.15, 0.2) is 0 Å². The lowest BCUT2D eigenvalue weighted by molar-refractivity contribution is 0.590. The first-order valence-corrected chi connectivity index (χ1v) is 13.8. The van der Waals surface area contributed by atoms with Crippen LogP contribution < -0.4 is 4.90 Å². The lowest BCUT2D eigenvalue weighted by Crippen LogP contribution is -2.39. The second-order valence-corrected chi connectivity index (χ2v) is 11.9. The normalized spacial score (nSPS) is 15.8. The molecular formula is C35H29N5. The minimum atomic E-state index is -0.232. The van der Waals surface area contributed by atoms with Gasteiger partial charge < -0.3 is 0 Å². The molecule has 0 saturated heterocycles. The largest absolute Gasteiger partial charge is 0.283 e. The summed E-state index contributed by atoms with van der Waals surface area (Å²) < 4.78 is 2.08. The smallest absolute Gasteiger partial charge is 0.145 e. The molecule has 0 radical (unpaired) electrons. The van der Waals surface area contributed by atoms with Crippen LogP contribution in [0.3, 0.4) is 0 Å². The lowest BCUT2D eigenvalue weighted by Gasteiger charge is -2.48. The summed E-state index contributed by atoms with van der Waals surface area (Å²) in [4.78, 5) is 17.7. The molecule has 2 aliphatic heterocycles. The van der Waals surface area contributed by atoms with Crippen molar-refractivity contribution >= 4 is 28.4 Å². The molecule has 5 heteroatoms. The highest BCUT2D eigenvalue weighted by molar-refractivity contribution is 5.91. The molecule has 0 amide bonds. The monoisotopic (exact) mass is 519 g/mol. The number of hydrogen-bond acceptors (Lipinski definition) is 4. The topological polar surface area (TPSA) is 46.8 Å². The van der Waals surface area contributed by atoms with Crippen molar-refractivity contribution in [2.24, 2.45) is 0 Å². The SMILES string of the molecule is CC1(C)c2ccc(-c3ccccc3)nc2N2c3nc(-n4cnc5ccccc54)ccc3C(C)(C)c3cccc1c32. The van der Waals surface area contributed by atoms with Crippen LogP contribution in [-0.4, -0.2) is 19.5 Å². The van der Waals surface area contributed by atoms with Gasteiger partial charge in [-0.2, -0.15) is 0 Å². The van der Waals surface area contributed by atoms with Crippen LogP contribution >= 0.6 is 0 Å². The number of anilines is 3. The Morgan fingerprint density at radius 3 is 1.98 bits per heavy atom. The third-order valence-electron chi connectivity index (χ3n) is 8.88. The van der Waals surface area contributed by atoms with Crippen molar-refractivity contribution < 1.29 is 0 Å². The number of hydrogen-bond donors (Lipinski definition) is 0. The number of para-hydroxylation sites is 3. The van der Waals surface area contributed by atoms with Gasteiger partial charge in [0.25, 0.3) is 0 Å². The molecule has 0 bridgehead atoms. The standard InChI is InChI=1S/C35H29N5/c1-34(2)23-13-10-14-24-31(23)40(32-25(34)17-19-27(37-32)22-11-6-5-7-12-22)33-26(35(24,3)4)18-20-30(38-33)39-21-36-28-15-8-9-16-29(28)39/h5-21H,1-4H3. The summed E-state index contributed by atoms with van der Waals surface area (Å²) >= 11 is 0. The molecule has 3 aromatic heterocycles. The predicted molar refractivity (Wildman–Crippen MR) is 161 cm³/mol. The zero-order valence-corrected chi connectivity index (χ0v) is 23.1. The third kappa shape index (κ3) is 3.00. The summed E-state index contributed by atoms with van der Waals surface area (Å²) in [5.41, 5.74) is 9.78. The van der Waals surface area contributed by atoms with Crippen molar-refractivity contribution in [2.75, 3.05) is 4.90 Å². The number of aromatic nitrogens is 4. The Balaban J connectivity index is 1.43. The number of benzene rings is 3. The highest BCUT2D eigenvalue weighted by Gasteiger charge is 2.46. The van der Waals surface area contributed by atoms with Gasteiger partial charge >= 0.3 is 0 Å². The van der Waals surface area contributed by atoms with Gasteiger partial charge in [-0.1, -0.05) is 100 Å². The quantitative estimate of drug-likeness (QED) is 0.231. The van der Waals surface area contributed by atoms with Crippen molar-refractivity contribution in [1.29, 1.82) is 0 Å². The molecule has 0 N–H and O–H groups in total. The Morgan fingerprint density at radius 1 is 0.575 bits per heavy atom. The summed E-state index contributed by atoms with van der Waals surface area (Å²) in [6, 6.07) is 34.1. The van der Waals surface area contributed by atoms with Gasteiger partial charge in [0, 0.05) is 27.5 Å². The molecule has 194 valence electrons. The molecule has 2 aliphatic rings. The van der Waals surface area contributed by atoms with Gasteiger partial charge in [-0.15, -0.1) is 0 Å². The van der Waals surface area contributed by atoms with E-state index in [1.807, 2.05) is 30.6 Å². The number of imidazole rings is 1. The Morgan fingerprint density at radius 2 is 1.23 bits per heavy atom. The van der Waals surface area contributed by atoms with E-state index >= 15 is 0 Å². The van der Waals surface area contributed by atoms with Gasteiger partial charge in [-0.3, -0.25) is 9.47 Å². The van der Waals surface area contributed by atoms with E-state index in [1.54, 1.807) is 0 Å². The zero-order valence-electron chi connectivity index (χ0n) is 23.1. The van der Waals surface area contributed by atoms with E-state index in [2.05, 4.69) is 115 Å². The molecule has 0 aliphatic carbocycles. The summed E-state index contributed by atoms with van der Waals surface area (Å²) in [6.45, 7) is 9.24. The molecule has 0 atom stereocenters. The molecule has 5 heterocycles. The predicted octanol–water partition coefficient (Wildman–Crippen LogP) is 8.23. The summed E-state index contributed by atoms with van der Waals surface area (Å²) in [6.07, 6.45) is 1.87. The Bertz CT molecular complexity index is 1950. The van der Waals surface area contributed by atoms with Crippen LogP contribution in [0.4, 0.5) is 17.3 Å². The van der Waals surface area contributed by atoms with Crippen molar-refractivity contribution in [3.05, 3.63) is 126 Å². The number of rotatable bonds is 2. The fourth-order valence-electron chi connectivity index (χ4n) is 6.64. The molecule has 0 fully saturated rings. The maximum absolute atomic E-state index is 5.39. The molecule has 5 nitrogen and oxygen atoms in total. The summed E-state index contributed by atoms with van der Waals surface area (Å²) in [5.74, 6) is 2.72. The van der Waals surface area contributed by atoms with Crippen LogP contribution in [0.15, 0.2) is 103 Å². The third-order valence-corrected chi connectivity index (χ3v) is 8.88. The van der Waals surface area contributed by atoms with Gasteiger partial charge in [0.05, 0.1) is 22.4 Å². The van der Waals surface area contributed by atoms with Gasteiger partial charge in [0.1, 0.15) is 23.8 Å². The Labute approximate surface area is 233 Å². The molecule has 6 aromatic rings. The van der Waals surface area contributed by atoms with Crippen LogP contribution in [-0.2, 0) is 10.8 Å². The van der Waals surface area contributed by atoms with Crippen LogP contribution in [0.2, 0.25) is 0 Å². The fraction of sp³-hybridized carbons (Fsp3) is 0.171. The Kier molecular flexibility index (Phi) is 4.56. The van der Waals surface area contributed by atoms with E-state index in [-0.39, 0.29) is 10.8 Å². The van der Waals surface area contributed by atoms with Gasteiger partial charge in [0.2, 0.25) is 0 Å². The summed E-state index contributed by atoms with van der Waals surface area (Å²) in [7, 11) is 0. The molecule has 0 spiro atoms. The molecule has 0 saturated carbocycles. The molecule has 40 heavy (non-hydrogen) atoms. The van der Waals surface area contributed by atoms with E-state index in [9.17, 15) is 0 Å². The first-order chi connectivity index (χ1) is 19.4. The van der Waals surface area contributed by atoms with Crippen molar-refractivity contribution in [3.8, 4) is 17.1 Å². The van der Waals surface area contributed by atoms with Crippen LogP contribution in [0.1, 0.15) is 49.9 Å². The van der Waals surface area contributed by atoms with Crippen molar-refractivity contribution in [3.63, 3.8) is 0 Å². The van der Waals surface area contributed by atoms with Gasteiger partial charge in [-0.05, 0) is 35.4 Å². The van der Waals surface area contributed by atoms with Crippen LogP contribution in [0.25, 0.3) is 28.1 Å². The maximum Gasteiger partial charge on any atom is 0.145 e. The van der Waals surface area contributed by atoms with Crippen molar-refractivity contribution in [2.45, 2.75) is 38.5 Å². The highest BCUT2D eigenvalue weighted by atomic mass is 15.3. The molecule has 8 rings (SSSR count). The highest BCUT2D eigenvalue weighted by Crippen LogP contribution is 2.59. The first-order valence-electron chi connectivity index (χ1n) is 13.8. The van der Waals surface area contributed by atoms with E-state index in [0.717, 1.165) is 39.7 Å². The average Bonchev–Trinajstić information content (AvgIpc) is 3.41. The number of fused-ring (bicyclic) bond motifs is 5. The molecular weight excluding hydrogens is 490 g/mol. The molecule has 0 unspecified atom stereocenters. The number of pyridine rings is 2. The minimum Gasteiger partial charge on any atom is -0.283 e. The van der Waals surface area contributed by atoms with E-state index in [0.29, 0.717) is 0 Å². The van der Waals surface area contributed by atoms with Crippen molar-refractivity contribution in [1.82, 2.24) is 19.5 Å². The van der Waals surface area contributed by atoms with E-state index in [4.69, 9.17) is 9.97 Å². The fourth-order valence-corrected chi connectivity index (χ4v) is 6.64. The van der Waals surface area contributed by atoms with Crippen LogP contribution in [0, 0.1) is 0 Å². The van der Waals surface area contributed by atoms with Crippen LogP contribution in [0.5, 0.6) is 0 Å². The van der Waals surface area contributed by atoms with Gasteiger partial charge in [-0.25, -0.2) is 15.0 Å². The maximum atomic E-state index is 5.39. The Hall–Kier alpha value is -4.77. The van der Waals surface area contributed by atoms with E-state index < -0.39 is 0 Å². The average molecular weight is 520 g/mol. The number of nitrogens with zero attached hydrogens (tertiary/aromatic N) is 5. The second-order valence-electron chi connectivity index (χ2n) is 11.9. The minimum absolute atomic E-state index is 0.217. The first kappa shape index (κ1) is 23.1. The van der Waals surface area contributed by atoms with E-state index in [1.165, 1.54) is 27.9 Å². The second kappa shape index (κ2) is 7.89. The molecule has 3 aromatic carbocycles. The lowest BCUT2D eigenvalue weighted by atomic mass is 9.67.